The van der Waals surface area contributed by atoms with Crippen molar-refractivity contribution in [2.45, 2.75) is 26.8 Å². The van der Waals surface area contributed by atoms with E-state index in [1.54, 1.807) is 18.0 Å². The van der Waals surface area contributed by atoms with Gasteiger partial charge in [-0.15, -0.1) is 0 Å². The maximum Gasteiger partial charge on any atom is 0.219 e. The fourth-order valence-corrected chi connectivity index (χ4v) is 3.07. The second-order valence-corrected chi connectivity index (χ2v) is 6.66. The minimum atomic E-state index is 0.0413. The zero-order chi connectivity index (χ0) is 19.2. The van der Waals surface area contributed by atoms with Crippen molar-refractivity contribution in [3.8, 4) is 0 Å². The van der Waals surface area contributed by atoms with Crippen molar-refractivity contribution in [3.05, 3.63) is 71.2 Å². The molecule has 0 saturated heterocycles. The molecule has 0 spiro atoms. The van der Waals surface area contributed by atoms with Crippen LogP contribution in [0, 0.1) is 6.92 Å². The Morgan fingerprint density at radius 2 is 2.15 bits per heavy atom. The predicted octanol–water partition coefficient (Wildman–Crippen LogP) is 2.67. The number of hydrogen-bond acceptors (Lipinski definition) is 4. The molecule has 1 amide bonds. The second-order valence-electron chi connectivity index (χ2n) is 6.66. The summed E-state index contributed by atoms with van der Waals surface area (Å²) in [5, 5.41) is 3.44. The number of nitrogens with one attached hydrogen (secondary N) is 1. The minimum Gasteiger partial charge on any atom is -0.383 e. The predicted molar refractivity (Wildman–Crippen MR) is 107 cm³/mol. The van der Waals surface area contributed by atoms with Crippen LogP contribution >= 0.6 is 0 Å². The van der Waals surface area contributed by atoms with Gasteiger partial charge in [0.1, 0.15) is 5.84 Å². The fourth-order valence-electron chi connectivity index (χ4n) is 3.07. The highest BCUT2D eigenvalue weighted by molar-refractivity contribution is 6.00. The van der Waals surface area contributed by atoms with E-state index in [2.05, 4.69) is 15.3 Å². The van der Waals surface area contributed by atoms with Gasteiger partial charge in [0.2, 0.25) is 5.91 Å². The van der Waals surface area contributed by atoms with Gasteiger partial charge in [-0.25, -0.2) is 4.99 Å². The van der Waals surface area contributed by atoms with Gasteiger partial charge in [0.15, 0.2) is 0 Å². The van der Waals surface area contributed by atoms with Crippen molar-refractivity contribution in [2.24, 2.45) is 10.7 Å². The summed E-state index contributed by atoms with van der Waals surface area (Å²) < 4.78 is 0. The maximum absolute atomic E-state index is 11.8. The average molecular weight is 363 g/mol. The molecular formula is C21H25N5O. The van der Waals surface area contributed by atoms with E-state index < -0.39 is 0 Å². The summed E-state index contributed by atoms with van der Waals surface area (Å²) in [7, 11) is 0. The molecule has 1 aliphatic heterocycles. The summed E-state index contributed by atoms with van der Waals surface area (Å²) in [5.74, 6) is 0.481. The zero-order valence-electron chi connectivity index (χ0n) is 15.8. The van der Waals surface area contributed by atoms with Crippen molar-refractivity contribution in [3.63, 3.8) is 0 Å². The topological polar surface area (TPSA) is 83.6 Å². The van der Waals surface area contributed by atoms with Gasteiger partial charge in [-0.05, 0) is 36.8 Å². The molecule has 27 heavy (non-hydrogen) atoms. The number of rotatable bonds is 5. The van der Waals surface area contributed by atoms with Crippen LogP contribution in [0.4, 0.5) is 5.69 Å². The van der Waals surface area contributed by atoms with Crippen molar-refractivity contribution in [2.75, 3.05) is 13.1 Å². The van der Waals surface area contributed by atoms with Gasteiger partial charge in [0.25, 0.3) is 0 Å². The quantitative estimate of drug-likeness (QED) is 0.632. The molecule has 2 heterocycles. The first-order valence-electron chi connectivity index (χ1n) is 9.05. The van der Waals surface area contributed by atoms with Crippen LogP contribution < -0.4 is 11.1 Å². The lowest BCUT2D eigenvalue weighted by atomic mass is 10.0. The van der Waals surface area contributed by atoms with E-state index in [0.717, 1.165) is 28.2 Å². The molecule has 6 nitrogen and oxygen atoms in total. The summed E-state index contributed by atoms with van der Waals surface area (Å²) in [6, 6.07) is 13.7. The van der Waals surface area contributed by atoms with Crippen LogP contribution in [0.25, 0.3) is 0 Å². The molecule has 0 aliphatic carbocycles. The molecule has 1 aliphatic rings. The van der Waals surface area contributed by atoms with Gasteiger partial charge >= 0.3 is 0 Å². The number of pyridine rings is 1. The number of carbonyl (C=O) groups is 1. The summed E-state index contributed by atoms with van der Waals surface area (Å²) in [4.78, 5) is 22.6. The van der Waals surface area contributed by atoms with Crippen LogP contribution in [-0.4, -0.2) is 34.7 Å². The molecule has 0 radical (unpaired) electrons. The third kappa shape index (κ3) is 4.94. The Balaban J connectivity index is 1.87. The number of nitrogens with two attached hydrogens (primary N) is 1. The number of aliphatic imine (C=N–C) groups is 1. The Labute approximate surface area is 159 Å². The Morgan fingerprint density at radius 3 is 2.85 bits per heavy atom. The fraction of sp³-hybridized carbons (Fsp3) is 0.286. The number of aromatic nitrogens is 1. The van der Waals surface area contributed by atoms with Crippen molar-refractivity contribution >= 4 is 17.4 Å². The maximum atomic E-state index is 11.8. The standard InChI is InChI=1S/C21H25N5O/c1-15-6-5-8-17(12-15)25-21(22)19-14-26(16(2)27)11-9-20(19)24-13-18-7-3-4-10-23-18/h3-8,10,12,24H,9,11,13-14H2,1-2H3,(H2,22,25). The molecule has 0 fully saturated rings. The Kier molecular flexibility index (Phi) is 5.86. The molecule has 3 N–H and O–H groups in total. The SMILES string of the molecule is CC(=O)N1CCC(NCc2ccccn2)=C(C(N)=Nc2cccc(C)c2)C1. The smallest absolute Gasteiger partial charge is 0.219 e. The molecule has 0 saturated carbocycles. The summed E-state index contributed by atoms with van der Waals surface area (Å²) in [5.41, 5.74) is 11.1. The van der Waals surface area contributed by atoms with Gasteiger partial charge < -0.3 is 16.0 Å². The highest BCUT2D eigenvalue weighted by Crippen LogP contribution is 2.20. The van der Waals surface area contributed by atoms with Crippen LogP contribution in [0.15, 0.2) is 64.9 Å². The monoisotopic (exact) mass is 363 g/mol. The first kappa shape index (κ1) is 18.6. The van der Waals surface area contributed by atoms with E-state index in [9.17, 15) is 4.79 Å². The first-order valence-corrected chi connectivity index (χ1v) is 9.05. The van der Waals surface area contributed by atoms with Gasteiger partial charge in [0, 0.05) is 37.4 Å². The molecule has 0 unspecified atom stereocenters. The first-order chi connectivity index (χ1) is 13.0. The van der Waals surface area contributed by atoms with Gasteiger partial charge in [-0.1, -0.05) is 18.2 Å². The summed E-state index contributed by atoms with van der Waals surface area (Å²) >= 11 is 0. The van der Waals surface area contributed by atoms with Gasteiger partial charge in [-0.3, -0.25) is 9.78 Å². The number of benzene rings is 1. The van der Waals surface area contributed by atoms with Crippen LogP contribution in [-0.2, 0) is 11.3 Å². The number of amides is 1. The molecule has 0 bridgehead atoms. The average Bonchev–Trinajstić information content (AvgIpc) is 2.67. The number of nitrogens with zero attached hydrogens (tertiary/aromatic N) is 3. The molecule has 0 atom stereocenters. The third-order valence-corrected chi connectivity index (χ3v) is 4.56. The van der Waals surface area contributed by atoms with Gasteiger partial charge in [0.05, 0.1) is 24.5 Å². The lowest BCUT2D eigenvalue weighted by Crippen LogP contribution is -2.41. The van der Waals surface area contributed by atoms with Gasteiger partial charge in [-0.2, -0.15) is 0 Å². The number of carbonyl (C=O) groups excluding carboxylic acids is 1. The van der Waals surface area contributed by atoms with Crippen LogP contribution in [0.5, 0.6) is 0 Å². The highest BCUT2D eigenvalue weighted by atomic mass is 16.2. The Hall–Kier alpha value is -3.15. The number of amidine groups is 1. The Bertz CT molecular complexity index is 873. The molecular weight excluding hydrogens is 338 g/mol. The van der Waals surface area contributed by atoms with E-state index in [1.807, 2.05) is 49.4 Å². The lowest BCUT2D eigenvalue weighted by Gasteiger charge is -2.30. The molecule has 1 aromatic heterocycles. The highest BCUT2D eigenvalue weighted by Gasteiger charge is 2.23. The van der Waals surface area contributed by atoms with E-state index in [1.165, 1.54) is 0 Å². The second kappa shape index (κ2) is 8.49. The van der Waals surface area contributed by atoms with Crippen LogP contribution in [0.1, 0.15) is 24.6 Å². The molecule has 1 aromatic carbocycles. The van der Waals surface area contributed by atoms with Crippen LogP contribution in [0.3, 0.4) is 0 Å². The number of hydrogen-bond donors (Lipinski definition) is 2. The van der Waals surface area contributed by atoms with E-state index in [0.29, 0.717) is 31.9 Å². The van der Waals surface area contributed by atoms with E-state index in [-0.39, 0.29) is 5.91 Å². The normalized spacial score (nSPS) is 15.0. The third-order valence-electron chi connectivity index (χ3n) is 4.56. The molecule has 140 valence electrons. The van der Waals surface area contributed by atoms with E-state index >= 15 is 0 Å². The van der Waals surface area contributed by atoms with Crippen molar-refractivity contribution in [1.29, 1.82) is 0 Å². The Morgan fingerprint density at radius 1 is 1.30 bits per heavy atom. The molecule has 6 heteroatoms. The zero-order valence-corrected chi connectivity index (χ0v) is 15.8. The lowest BCUT2D eigenvalue weighted by molar-refractivity contribution is -0.128. The van der Waals surface area contributed by atoms with Crippen molar-refractivity contribution < 1.29 is 4.79 Å². The van der Waals surface area contributed by atoms with E-state index in [4.69, 9.17) is 5.73 Å². The largest absolute Gasteiger partial charge is 0.383 e. The number of aryl methyl sites for hydroxylation is 1. The van der Waals surface area contributed by atoms with Crippen molar-refractivity contribution in [1.82, 2.24) is 15.2 Å². The summed E-state index contributed by atoms with van der Waals surface area (Å²) in [6.07, 6.45) is 2.49. The minimum absolute atomic E-state index is 0.0413. The van der Waals surface area contributed by atoms with Crippen LogP contribution in [0.2, 0.25) is 0 Å². The molecule has 2 aromatic rings. The molecule has 3 rings (SSSR count). The summed E-state index contributed by atoms with van der Waals surface area (Å²) in [6.45, 7) is 5.34.